The van der Waals surface area contributed by atoms with Crippen molar-refractivity contribution in [3.8, 4) is 16.9 Å². The molecule has 9 nitrogen and oxygen atoms in total. The number of amides is 1. The summed E-state index contributed by atoms with van der Waals surface area (Å²) in [7, 11) is 0. The van der Waals surface area contributed by atoms with Gasteiger partial charge in [0.05, 0.1) is 30.2 Å². The highest BCUT2D eigenvalue weighted by atomic mass is 16.5. The van der Waals surface area contributed by atoms with E-state index in [2.05, 4.69) is 15.6 Å². The maximum Gasteiger partial charge on any atom is 0.335 e. The summed E-state index contributed by atoms with van der Waals surface area (Å²) in [5.74, 6) is -1.65. The number of nitrogens with one attached hydrogen (secondary N) is 1. The molecule has 41 heavy (non-hydrogen) atoms. The average Bonchev–Trinajstić information content (AvgIpc) is 3.29. The van der Waals surface area contributed by atoms with Gasteiger partial charge in [-0.25, -0.2) is 4.79 Å². The molecule has 0 fully saturated rings. The lowest BCUT2D eigenvalue weighted by atomic mass is 10.0. The third-order valence-corrected chi connectivity index (χ3v) is 6.72. The van der Waals surface area contributed by atoms with Gasteiger partial charge in [0.25, 0.3) is 0 Å². The van der Waals surface area contributed by atoms with E-state index in [1.807, 2.05) is 62.4 Å². The molecule has 0 bridgehead atoms. The number of carbonyl (C=O) groups is 2. The number of nitrogens with zero attached hydrogens (tertiary/aromatic N) is 3. The van der Waals surface area contributed by atoms with Gasteiger partial charge >= 0.3 is 11.9 Å². The van der Waals surface area contributed by atoms with Crippen molar-refractivity contribution in [1.29, 1.82) is 0 Å². The molecule has 1 aliphatic rings. The number of phenolic OH excluding ortho intramolecular Hbond substituents is 1. The van der Waals surface area contributed by atoms with Gasteiger partial charge in [-0.3, -0.25) is 10.2 Å². The molecule has 1 aliphatic heterocycles. The first kappa shape index (κ1) is 27.3. The number of ether oxygens (including phenoxy) is 1. The van der Waals surface area contributed by atoms with Gasteiger partial charge in [-0.15, -0.1) is 0 Å². The fourth-order valence-corrected chi connectivity index (χ4v) is 4.32. The van der Waals surface area contributed by atoms with Crippen LogP contribution in [0.15, 0.2) is 101 Å². The molecule has 206 valence electrons. The van der Waals surface area contributed by atoms with Crippen molar-refractivity contribution in [2.75, 3.05) is 17.0 Å². The van der Waals surface area contributed by atoms with Crippen molar-refractivity contribution in [2.24, 2.45) is 10.2 Å². The largest absolute Gasteiger partial charge is 0.505 e. The number of hydrogen-bond acceptors (Lipinski definition) is 7. The first-order valence-electron chi connectivity index (χ1n) is 12.9. The molecule has 4 aromatic carbocycles. The summed E-state index contributed by atoms with van der Waals surface area (Å²) in [4.78, 5) is 24.9. The maximum absolute atomic E-state index is 13.5. The zero-order valence-corrected chi connectivity index (χ0v) is 22.5. The summed E-state index contributed by atoms with van der Waals surface area (Å²) in [6.07, 6.45) is 0. The van der Waals surface area contributed by atoms with E-state index < -0.39 is 11.9 Å². The van der Waals surface area contributed by atoms with E-state index in [0.29, 0.717) is 29.1 Å². The molecule has 0 aromatic heterocycles. The molecule has 1 amide bonds. The molecule has 1 heterocycles. The van der Waals surface area contributed by atoms with Crippen molar-refractivity contribution in [2.45, 2.75) is 20.5 Å². The van der Waals surface area contributed by atoms with Crippen molar-refractivity contribution in [1.82, 2.24) is 0 Å². The normalized spacial score (nSPS) is 13.9. The number of anilines is 2. The average molecular weight is 549 g/mol. The third kappa shape index (κ3) is 6.00. The van der Waals surface area contributed by atoms with Crippen molar-refractivity contribution in [3.63, 3.8) is 0 Å². The third-order valence-electron chi connectivity index (χ3n) is 6.72. The minimum atomic E-state index is -1.07. The van der Waals surface area contributed by atoms with E-state index in [4.69, 9.17) is 4.74 Å². The summed E-state index contributed by atoms with van der Waals surface area (Å²) < 4.78 is 5.88. The Hall–Kier alpha value is -5.28. The number of para-hydroxylation sites is 1. The van der Waals surface area contributed by atoms with Crippen molar-refractivity contribution >= 4 is 34.7 Å². The summed E-state index contributed by atoms with van der Waals surface area (Å²) in [6, 6.07) is 26.5. The smallest absolute Gasteiger partial charge is 0.335 e. The zero-order chi connectivity index (χ0) is 28.9. The van der Waals surface area contributed by atoms with Crippen LogP contribution in [0.25, 0.3) is 11.1 Å². The van der Waals surface area contributed by atoms with Crippen LogP contribution in [-0.2, 0) is 16.1 Å². The Morgan fingerprint density at radius 3 is 2.46 bits per heavy atom. The van der Waals surface area contributed by atoms with Crippen LogP contribution in [0, 0.1) is 13.8 Å². The van der Waals surface area contributed by atoms with Crippen LogP contribution in [-0.4, -0.2) is 40.1 Å². The number of rotatable bonds is 9. The zero-order valence-electron chi connectivity index (χ0n) is 22.5. The minimum absolute atomic E-state index is 0.0382. The van der Waals surface area contributed by atoms with Crippen LogP contribution >= 0.6 is 0 Å². The molecule has 3 N–H and O–H groups in total. The summed E-state index contributed by atoms with van der Waals surface area (Å²) in [5.41, 5.74) is 8.14. The van der Waals surface area contributed by atoms with Crippen LogP contribution in [0.4, 0.5) is 11.4 Å². The molecule has 0 radical (unpaired) electrons. The van der Waals surface area contributed by atoms with Crippen LogP contribution < -0.4 is 10.4 Å². The monoisotopic (exact) mass is 548 g/mol. The number of hydrazone groups is 2. The quantitative estimate of drug-likeness (QED) is 0.180. The minimum Gasteiger partial charge on any atom is -0.505 e. The fraction of sp³-hybridized carbons (Fsp3) is 0.125. The molecular formula is C32H28N4O5. The first-order chi connectivity index (χ1) is 19.8. The maximum atomic E-state index is 13.5. The lowest BCUT2D eigenvalue weighted by molar-refractivity contribution is -0.112. The molecule has 0 aliphatic carbocycles. The van der Waals surface area contributed by atoms with Gasteiger partial charge < -0.3 is 14.9 Å². The summed E-state index contributed by atoms with van der Waals surface area (Å²) in [5, 5.41) is 30.5. The molecule has 0 saturated heterocycles. The van der Waals surface area contributed by atoms with E-state index in [1.54, 1.807) is 30.3 Å². The second-order valence-electron chi connectivity index (χ2n) is 9.57. The van der Waals surface area contributed by atoms with Gasteiger partial charge in [-0.1, -0.05) is 60.7 Å². The van der Waals surface area contributed by atoms with Crippen molar-refractivity contribution in [3.05, 3.63) is 113 Å². The van der Waals surface area contributed by atoms with E-state index in [0.717, 1.165) is 16.7 Å². The van der Waals surface area contributed by atoms with Gasteiger partial charge in [-0.05, 0) is 66.4 Å². The molecule has 9 heteroatoms. The number of aromatic hydroxyl groups is 1. The lowest BCUT2D eigenvalue weighted by Crippen LogP contribution is -2.29. The molecule has 4 aromatic rings. The van der Waals surface area contributed by atoms with Gasteiger partial charge in [0.2, 0.25) is 0 Å². The molecule has 0 saturated carbocycles. The second-order valence-corrected chi connectivity index (χ2v) is 9.57. The summed E-state index contributed by atoms with van der Waals surface area (Å²) in [6.45, 7) is 4.32. The highest BCUT2D eigenvalue weighted by Crippen LogP contribution is 2.36. The fourth-order valence-electron chi connectivity index (χ4n) is 4.32. The molecule has 0 unspecified atom stereocenters. The second kappa shape index (κ2) is 11.8. The van der Waals surface area contributed by atoms with Crippen LogP contribution in [0.3, 0.4) is 0 Å². The van der Waals surface area contributed by atoms with E-state index in [-0.39, 0.29) is 29.3 Å². The predicted octanol–water partition coefficient (Wildman–Crippen LogP) is 5.76. The van der Waals surface area contributed by atoms with E-state index in [9.17, 15) is 19.8 Å². The predicted molar refractivity (Wildman–Crippen MR) is 158 cm³/mol. The Morgan fingerprint density at radius 1 is 0.927 bits per heavy atom. The number of aryl methyl sites for hydroxylation is 2. The number of carbonyl (C=O) groups excluding carboxylic acids is 1. The van der Waals surface area contributed by atoms with Gasteiger partial charge in [-0.2, -0.15) is 15.2 Å². The van der Waals surface area contributed by atoms with Crippen LogP contribution in [0.5, 0.6) is 5.75 Å². The highest BCUT2D eigenvalue weighted by Gasteiger charge is 2.33. The number of phenols is 1. The number of benzene rings is 4. The number of hydrogen-bond donors (Lipinski definition) is 3. The van der Waals surface area contributed by atoms with Crippen LogP contribution in [0.1, 0.15) is 27.0 Å². The molecule has 0 atom stereocenters. The Balaban J connectivity index is 1.43. The van der Waals surface area contributed by atoms with E-state index in [1.165, 1.54) is 17.1 Å². The molecular weight excluding hydrogens is 520 g/mol. The Bertz CT molecular complexity index is 1680. The number of carboxylic acids is 1. The molecule has 5 rings (SSSR count). The standard InChI is InChI=1S/C32H28N4O5/c1-20-14-15-25(16-21(20)2)36-31(38)29(28(35-36)19-41-18-22-8-4-3-5-9-22)34-33-27-13-7-12-26(30(27)37)23-10-6-11-24(17-23)32(39)40/h3-17,33,37H,18-19H2,1-2H3,(H,39,40)/b34-29-. The topological polar surface area (TPSA) is 124 Å². The summed E-state index contributed by atoms with van der Waals surface area (Å²) >= 11 is 0. The Morgan fingerprint density at radius 2 is 1.71 bits per heavy atom. The SMILES string of the molecule is Cc1ccc(N2N=C(COCc3ccccc3)/C(=N/Nc3cccc(-c4cccc(C(=O)O)c4)c3O)C2=O)cc1C. The molecule has 0 spiro atoms. The lowest BCUT2D eigenvalue weighted by Gasteiger charge is -2.13. The van der Waals surface area contributed by atoms with E-state index >= 15 is 0 Å². The van der Waals surface area contributed by atoms with Gasteiger partial charge in [0, 0.05) is 5.56 Å². The Kier molecular flexibility index (Phi) is 7.89. The highest BCUT2D eigenvalue weighted by molar-refractivity contribution is 6.72. The van der Waals surface area contributed by atoms with Gasteiger partial charge in [0.1, 0.15) is 11.5 Å². The first-order valence-corrected chi connectivity index (χ1v) is 12.9. The van der Waals surface area contributed by atoms with Crippen LogP contribution in [0.2, 0.25) is 0 Å². The Labute approximate surface area is 237 Å². The van der Waals surface area contributed by atoms with Gasteiger partial charge in [0.15, 0.2) is 5.71 Å². The van der Waals surface area contributed by atoms with Crippen molar-refractivity contribution < 1.29 is 24.5 Å². The number of carboxylic acid groups (broad SMARTS) is 1. The number of aromatic carboxylic acids is 1.